The molecular formula is C14H20O3. The molecule has 1 aliphatic rings. The van der Waals surface area contributed by atoms with E-state index in [1.165, 1.54) is 5.56 Å². The van der Waals surface area contributed by atoms with Crippen LogP contribution in [0.25, 0.3) is 0 Å². The number of aliphatic hydroxyl groups excluding tert-OH is 2. The van der Waals surface area contributed by atoms with E-state index in [0.717, 1.165) is 43.4 Å². The second-order valence-corrected chi connectivity index (χ2v) is 4.55. The molecule has 0 saturated carbocycles. The number of unbranched alkanes of at least 4 members (excludes halogenated alkanes) is 2. The van der Waals surface area contributed by atoms with Gasteiger partial charge in [0.1, 0.15) is 5.75 Å². The normalized spacial score (nSPS) is 18.1. The van der Waals surface area contributed by atoms with Gasteiger partial charge in [-0.3, -0.25) is 0 Å². The number of hydrogen-bond acceptors (Lipinski definition) is 3. The van der Waals surface area contributed by atoms with Gasteiger partial charge < -0.3 is 14.9 Å². The van der Waals surface area contributed by atoms with Gasteiger partial charge in [-0.1, -0.05) is 6.07 Å². The molecule has 0 aliphatic heterocycles. The summed E-state index contributed by atoms with van der Waals surface area (Å²) in [4.78, 5) is 0. The van der Waals surface area contributed by atoms with E-state index in [4.69, 9.17) is 9.84 Å². The Morgan fingerprint density at radius 3 is 2.94 bits per heavy atom. The van der Waals surface area contributed by atoms with Crippen LogP contribution in [0.3, 0.4) is 0 Å². The highest BCUT2D eigenvalue weighted by Gasteiger charge is 2.20. The largest absolute Gasteiger partial charge is 0.494 e. The number of rotatable bonds is 6. The van der Waals surface area contributed by atoms with Crippen molar-refractivity contribution in [2.45, 2.75) is 38.2 Å². The molecular weight excluding hydrogens is 216 g/mol. The molecule has 0 radical (unpaired) electrons. The molecule has 17 heavy (non-hydrogen) atoms. The molecule has 94 valence electrons. The van der Waals surface area contributed by atoms with Crippen molar-refractivity contribution in [3.63, 3.8) is 0 Å². The summed E-state index contributed by atoms with van der Waals surface area (Å²) >= 11 is 0. The van der Waals surface area contributed by atoms with Gasteiger partial charge in [-0.05, 0) is 55.4 Å². The molecule has 0 heterocycles. The molecule has 2 rings (SSSR count). The van der Waals surface area contributed by atoms with E-state index in [1.807, 2.05) is 18.2 Å². The van der Waals surface area contributed by atoms with Crippen molar-refractivity contribution >= 4 is 0 Å². The average molecular weight is 236 g/mol. The molecule has 1 aromatic rings. The molecule has 1 aromatic carbocycles. The Balaban J connectivity index is 1.82. The monoisotopic (exact) mass is 236 g/mol. The Labute approximate surface area is 102 Å². The Morgan fingerprint density at radius 2 is 2.12 bits per heavy atom. The van der Waals surface area contributed by atoms with Gasteiger partial charge in [0.05, 0.1) is 12.7 Å². The third-order valence-electron chi connectivity index (χ3n) is 3.23. The number of benzene rings is 1. The highest BCUT2D eigenvalue weighted by atomic mass is 16.5. The number of ether oxygens (including phenoxy) is 1. The van der Waals surface area contributed by atoms with Crippen molar-refractivity contribution in [2.75, 3.05) is 13.2 Å². The molecule has 3 nitrogen and oxygen atoms in total. The lowest BCUT2D eigenvalue weighted by Gasteiger charge is -2.08. The third kappa shape index (κ3) is 3.20. The second-order valence-electron chi connectivity index (χ2n) is 4.55. The van der Waals surface area contributed by atoms with Gasteiger partial charge in [0.2, 0.25) is 0 Å². The highest BCUT2D eigenvalue weighted by Crippen LogP contribution is 2.33. The summed E-state index contributed by atoms with van der Waals surface area (Å²) in [7, 11) is 0. The van der Waals surface area contributed by atoms with Crippen LogP contribution >= 0.6 is 0 Å². The zero-order chi connectivity index (χ0) is 12.1. The smallest absolute Gasteiger partial charge is 0.119 e. The number of fused-ring (bicyclic) bond motifs is 1. The second kappa shape index (κ2) is 6.03. The van der Waals surface area contributed by atoms with E-state index in [2.05, 4.69) is 0 Å². The van der Waals surface area contributed by atoms with Gasteiger partial charge in [0.15, 0.2) is 0 Å². The summed E-state index contributed by atoms with van der Waals surface area (Å²) in [6.45, 7) is 0.956. The fraction of sp³-hybridized carbons (Fsp3) is 0.571. The minimum atomic E-state index is -0.288. The summed E-state index contributed by atoms with van der Waals surface area (Å²) in [5.74, 6) is 0.891. The van der Waals surface area contributed by atoms with Gasteiger partial charge in [-0.2, -0.15) is 0 Å². The van der Waals surface area contributed by atoms with Crippen molar-refractivity contribution in [3.05, 3.63) is 29.3 Å². The number of aliphatic hydroxyl groups is 2. The predicted molar refractivity (Wildman–Crippen MR) is 66.2 cm³/mol. The summed E-state index contributed by atoms with van der Waals surface area (Å²) < 4.78 is 5.65. The highest BCUT2D eigenvalue weighted by molar-refractivity contribution is 5.39. The first-order valence-electron chi connectivity index (χ1n) is 6.36. The molecule has 0 bridgehead atoms. The van der Waals surface area contributed by atoms with Crippen molar-refractivity contribution in [2.24, 2.45) is 0 Å². The standard InChI is InChI=1S/C14H20O3/c15-8-2-1-3-9-17-12-5-6-13-11(10-12)4-7-14(13)16/h5-6,10,14-16H,1-4,7-9H2/t14-/m1/s1. The maximum absolute atomic E-state index is 9.68. The summed E-state index contributed by atoms with van der Waals surface area (Å²) in [6, 6.07) is 5.94. The maximum atomic E-state index is 9.68. The van der Waals surface area contributed by atoms with Crippen LogP contribution in [-0.2, 0) is 6.42 Å². The zero-order valence-corrected chi connectivity index (χ0v) is 10.1. The van der Waals surface area contributed by atoms with Gasteiger partial charge >= 0.3 is 0 Å². The maximum Gasteiger partial charge on any atom is 0.119 e. The fourth-order valence-electron chi connectivity index (χ4n) is 2.24. The molecule has 0 saturated heterocycles. The molecule has 0 spiro atoms. The number of aryl methyl sites for hydroxylation is 1. The quantitative estimate of drug-likeness (QED) is 0.744. The SMILES string of the molecule is OCCCCCOc1ccc2c(c1)CC[C@H]2O. The summed E-state index contributed by atoms with van der Waals surface area (Å²) in [5, 5.41) is 18.3. The van der Waals surface area contributed by atoms with E-state index >= 15 is 0 Å². The van der Waals surface area contributed by atoms with Crippen LogP contribution < -0.4 is 4.74 Å². The van der Waals surface area contributed by atoms with E-state index < -0.39 is 0 Å². The molecule has 0 fully saturated rings. The van der Waals surface area contributed by atoms with E-state index in [9.17, 15) is 5.11 Å². The Hall–Kier alpha value is -1.06. The first kappa shape index (κ1) is 12.4. The van der Waals surface area contributed by atoms with Crippen LogP contribution in [0.15, 0.2) is 18.2 Å². The molecule has 1 atom stereocenters. The van der Waals surface area contributed by atoms with Gasteiger partial charge in [0, 0.05) is 6.61 Å². The van der Waals surface area contributed by atoms with Crippen LogP contribution in [0.1, 0.15) is 42.9 Å². The van der Waals surface area contributed by atoms with Crippen LogP contribution in [0.2, 0.25) is 0 Å². The van der Waals surface area contributed by atoms with Crippen molar-refractivity contribution < 1.29 is 14.9 Å². The van der Waals surface area contributed by atoms with Crippen LogP contribution in [0, 0.1) is 0 Å². The Bertz CT molecular complexity index is 362. The van der Waals surface area contributed by atoms with E-state index in [0.29, 0.717) is 6.61 Å². The lowest BCUT2D eigenvalue weighted by Crippen LogP contribution is -1.99. The van der Waals surface area contributed by atoms with Crippen molar-refractivity contribution in [1.82, 2.24) is 0 Å². The number of hydrogen-bond donors (Lipinski definition) is 2. The van der Waals surface area contributed by atoms with Gasteiger partial charge in [-0.25, -0.2) is 0 Å². The molecule has 3 heteroatoms. The first-order chi connectivity index (χ1) is 8.31. The van der Waals surface area contributed by atoms with Crippen LogP contribution in [0.4, 0.5) is 0 Å². The van der Waals surface area contributed by atoms with Crippen molar-refractivity contribution in [3.8, 4) is 5.75 Å². The predicted octanol–water partition coefficient (Wildman–Crippen LogP) is 2.21. The van der Waals surface area contributed by atoms with E-state index in [1.54, 1.807) is 0 Å². The van der Waals surface area contributed by atoms with Crippen molar-refractivity contribution in [1.29, 1.82) is 0 Å². The zero-order valence-electron chi connectivity index (χ0n) is 10.1. The molecule has 2 N–H and O–H groups in total. The average Bonchev–Trinajstić information content (AvgIpc) is 2.71. The lowest BCUT2D eigenvalue weighted by atomic mass is 10.1. The molecule has 1 aliphatic carbocycles. The van der Waals surface area contributed by atoms with Crippen LogP contribution in [0.5, 0.6) is 5.75 Å². The van der Waals surface area contributed by atoms with Gasteiger partial charge in [0.25, 0.3) is 0 Å². The Kier molecular flexibility index (Phi) is 4.40. The topological polar surface area (TPSA) is 49.7 Å². The van der Waals surface area contributed by atoms with E-state index in [-0.39, 0.29) is 12.7 Å². The molecule has 0 unspecified atom stereocenters. The first-order valence-corrected chi connectivity index (χ1v) is 6.36. The lowest BCUT2D eigenvalue weighted by molar-refractivity contribution is 0.180. The summed E-state index contributed by atoms with van der Waals surface area (Å²) in [6.07, 6.45) is 4.30. The molecule has 0 aromatic heterocycles. The minimum Gasteiger partial charge on any atom is -0.494 e. The minimum absolute atomic E-state index is 0.261. The van der Waals surface area contributed by atoms with Gasteiger partial charge in [-0.15, -0.1) is 0 Å². The van der Waals surface area contributed by atoms with Crippen LogP contribution in [-0.4, -0.2) is 23.4 Å². The molecule has 0 amide bonds. The summed E-state index contributed by atoms with van der Waals surface area (Å²) in [5.41, 5.74) is 2.27. The Morgan fingerprint density at radius 1 is 1.24 bits per heavy atom. The third-order valence-corrected chi connectivity index (χ3v) is 3.23. The fourth-order valence-corrected chi connectivity index (χ4v) is 2.24.